The lowest BCUT2D eigenvalue weighted by atomic mass is 10.0. The number of rotatable bonds is 15. The molecule has 0 radical (unpaired) electrons. The number of nitrogen functional groups attached to an aromatic ring is 1. The van der Waals surface area contributed by atoms with Gasteiger partial charge in [0.15, 0.2) is 11.6 Å². The van der Waals surface area contributed by atoms with Gasteiger partial charge in [-0.2, -0.15) is 5.10 Å². The molecule has 3 aliphatic heterocycles. The van der Waals surface area contributed by atoms with Crippen molar-refractivity contribution in [2.24, 2.45) is 0 Å². The van der Waals surface area contributed by atoms with E-state index in [1.807, 2.05) is 119 Å². The number of nitrogens with one attached hydrogen (secondary N) is 2. The maximum atomic E-state index is 14.3. The quantitative estimate of drug-likeness (QED) is 0.0420. The highest BCUT2D eigenvalue weighted by Crippen LogP contribution is 2.42. The van der Waals surface area contributed by atoms with Crippen LogP contribution >= 0.6 is 23.2 Å². The van der Waals surface area contributed by atoms with Crippen LogP contribution in [0, 0.1) is 5.82 Å². The number of halogens is 3. The number of H-pyrrole nitrogens is 2. The van der Waals surface area contributed by atoms with Gasteiger partial charge in [0.05, 0.1) is 46.6 Å². The van der Waals surface area contributed by atoms with E-state index < -0.39 is 11.9 Å². The molecular formula is C70H58Cl2FN9O6. The number of carbonyl (C=O) groups is 1. The molecule has 3 aliphatic rings. The standard InChI is InChI=1S/C70H58Cl2FN9O6/c1-40(64-52(71)17-18-53(73)69(64)72)88-62-36-45(37-75-70(62)74)46-38-76-82(39-46)47-27-29-81(30-28-47)63(86)16-2-3-31-87-51-15-7-11-44(35-51)68-60-25-23-58(79-60)66(42-9-5-13-49(84)33-42)56-21-19-54(77-56)65(41-8-4-12-48(83)32-41)55-20-22-57(78-55)67(59-24-26-61(68)80-59)43-10-6-14-50(85)34-43/h4-15,17-26,32-40,47,77,80,83-85H,2-3,16,27-31H2,1H3,(H2,74,75)/t40-/m0/s1. The Kier molecular flexibility index (Phi) is 15.7. The first kappa shape index (κ1) is 56.9. The Morgan fingerprint density at radius 1 is 0.648 bits per heavy atom. The van der Waals surface area contributed by atoms with Crippen LogP contribution in [0.1, 0.15) is 79.5 Å². The predicted molar refractivity (Wildman–Crippen MR) is 345 cm³/mol. The van der Waals surface area contributed by atoms with Crippen molar-refractivity contribution in [3.63, 3.8) is 0 Å². The van der Waals surface area contributed by atoms with Crippen LogP contribution < -0.4 is 15.2 Å². The van der Waals surface area contributed by atoms with Gasteiger partial charge in [-0.1, -0.05) is 71.7 Å². The van der Waals surface area contributed by atoms with Gasteiger partial charge in [0.1, 0.15) is 34.9 Å². The van der Waals surface area contributed by atoms with Crippen LogP contribution in [0.4, 0.5) is 10.2 Å². The van der Waals surface area contributed by atoms with Crippen LogP contribution in [0.15, 0.2) is 158 Å². The number of hydrogen-bond donors (Lipinski definition) is 6. The molecule has 1 amide bonds. The maximum Gasteiger partial charge on any atom is 0.222 e. The number of aromatic amines is 2. The Labute approximate surface area is 515 Å². The molecule has 1 saturated heterocycles. The number of likely N-dealkylation sites (tertiary alicyclic amines) is 1. The third-order valence-corrected chi connectivity index (χ3v) is 16.8. The zero-order chi connectivity index (χ0) is 60.6. The second-order valence-electron chi connectivity index (χ2n) is 21.9. The Morgan fingerprint density at radius 3 is 1.68 bits per heavy atom. The average Bonchev–Trinajstić information content (AvgIpc) is 1.82. The molecule has 7 N–H and O–H groups in total. The molecule has 0 spiro atoms. The lowest BCUT2D eigenvalue weighted by Crippen LogP contribution is -2.39. The highest BCUT2D eigenvalue weighted by atomic mass is 35.5. The van der Waals surface area contributed by atoms with Crippen LogP contribution in [0.25, 0.3) is 102 Å². The molecular weight excluding hydrogens is 1150 g/mol. The minimum atomic E-state index is -0.720. The molecule has 8 bridgehead atoms. The molecule has 0 saturated carbocycles. The molecule has 0 unspecified atom stereocenters. The minimum absolute atomic E-state index is 0.0939. The summed E-state index contributed by atoms with van der Waals surface area (Å²) in [4.78, 5) is 38.0. The predicted octanol–water partition coefficient (Wildman–Crippen LogP) is 16.3. The fourth-order valence-corrected chi connectivity index (χ4v) is 12.5. The van der Waals surface area contributed by atoms with Gasteiger partial charge in [0.2, 0.25) is 5.91 Å². The first-order valence-corrected chi connectivity index (χ1v) is 29.7. The van der Waals surface area contributed by atoms with E-state index in [0.717, 1.165) is 90.5 Å². The molecule has 88 heavy (non-hydrogen) atoms. The lowest BCUT2D eigenvalue weighted by Gasteiger charge is -2.32. The summed E-state index contributed by atoms with van der Waals surface area (Å²) in [5, 5.41) is 37.3. The number of fused-ring (bicyclic) bond motifs is 8. The van der Waals surface area contributed by atoms with E-state index in [2.05, 4.69) is 20.1 Å². The molecule has 8 heterocycles. The molecule has 1 fully saturated rings. The summed E-state index contributed by atoms with van der Waals surface area (Å²) in [6, 6.07) is 41.7. The van der Waals surface area contributed by atoms with Crippen molar-refractivity contribution in [3.8, 4) is 84.4 Å². The van der Waals surface area contributed by atoms with Crippen molar-refractivity contribution < 1.29 is 34.0 Å². The summed E-state index contributed by atoms with van der Waals surface area (Å²) in [5.41, 5.74) is 19.8. The van der Waals surface area contributed by atoms with E-state index in [-0.39, 0.29) is 45.1 Å². The van der Waals surface area contributed by atoms with Gasteiger partial charge >= 0.3 is 0 Å². The monoisotopic (exact) mass is 1210 g/mol. The largest absolute Gasteiger partial charge is 0.508 e. The van der Waals surface area contributed by atoms with Crippen LogP contribution in [0.5, 0.6) is 28.7 Å². The second-order valence-corrected chi connectivity index (χ2v) is 22.7. The highest BCUT2D eigenvalue weighted by Gasteiger charge is 2.26. The average molecular weight is 1210 g/mol. The number of phenolic OH excluding ortho intramolecular Hbond substituents is 3. The number of phenols is 3. The number of amides is 1. The molecule has 13 rings (SSSR count). The second kappa shape index (κ2) is 24.3. The molecule has 18 heteroatoms. The van der Waals surface area contributed by atoms with E-state index >= 15 is 0 Å². The fourth-order valence-electron chi connectivity index (χ4n) is 11.8. The fraction of sp³-hybridized carbons (Fsp3) is 0.157. The molecule has 5 aromatic heterocycles. The first-order chi connectivity index (χ1) is 42.8. The van der Waals surface area contributed by atoms with Crippen LogP contribution in [0.2, 0.25) is 10.0 Å². The van der Waals surface area contributed by atoms with Crippen molar-refractivity contribution in [3.05, 3.63) is 202 Å². The molecule has 440 valence electrons. The number of benzene rings is 5. The number of aromatic nitrogens is 7. The van der Waals surface area contributed by atoms with Crippen LogP contribution in [0.3, 0.4) is 0 Å². The third kappa shape index (κ3) is 11.7. The first-order valence-electron chi connectivity index (χ1n) is 28.9. The Hall–Kier alpha value is -10.2. The zero-order valence-electron chi connectivity index (χ0n) is 47.6. The van der Waals surface area contributed by atoms with E-state index in [4.69, 9.17) is 48.4 Å². The van der Waals surface area contributed by atoms with Crippen LogP contribution in [-0.4, -0.2) is 80.5 Å². The van der Waals surface area contributed by atoms with E-state index in [1.54, 1.807) is 67.8 Å². The number of aromatic hydroxyl groups is 3. The van der Waals surface area contributed by atoms with E-state index in [0.29, 0.717) is 78.8 Å². The molecule has 0 aliphatic carbocycles. The topological polar surface area (TPSA) is 214 Å². The summed E-state index contributed by atoms with van der Waals surface area (Å²) in [6.45, 7) is 3.32. The number of piperidine rings is 1. The molecule has 10 aromatic rings. The van der Waals surface area contributed by atoms with Crippen molar-refractivity contribution >= 4 is 81.3 Å². The summed E-state index contributed by atoms with van der Waals surface area (Å²) in [6.07, 6.45) is 15.7. The van der Waals surface area contributed by atoms with Gasteiger partial charge < -0.3 is 45.4 Å². The molecule has 15 nitrogen and oxygen atoms in total. The SMILES string of the molecule is C[C@H](Oc1cc(-c2cnn(C3CCN(C(=O)CCCCOc4cccc(-c5c6nc(c(-c7cccc(O)c7)c7ccc([nH]7)c(-c7cccc(O)c7)c7nc(c(-c8cccc(O)c8)c8ccc5[nH]8)C=C7)C=C6)c4)CC3)c2)cnc1N)c1c(Cl)ccc(F)c1Cl. The van der Waals surface area contributed by atoms with Gasteiger partial charge in [0, 0.05) is 97.9 Å². The summed E-state index contributed by atoms with van der Waals surface area (Å²) < 4.78 is 28.8. The van der Waals surface area contributed by atoms with Crippen molar-refractivity contribution in [2.75, 3.05) is 25.4 Å². The maximum absolute atomic E-state index is 14.3. The van der Waals surface area contributed by atoms with E-state index in [1.165, 1.54) is 12.1 Å². The molecule has 5 aromatic carbocycles. The Bertz CT molecular complexity index is 4560. The number of unbranched alkanes of at least 4 members (excludes halogenated alkanes) is 1. The van der Waals surface area contributed by atoms with E-state index in [9.17, 15) is 24.5 Å². The van der Waals surface area contributed by atoms with Crippen molar-refractivity contribution in [1.82, 2.24) is 39.6 Å². The summed E-state index contributed by atoms with van der Waals surface area (Å²) in [5.74, 6) is 0.940. The molecule has 1 atom stereocenters. The normalized spacial score (nSPS) is 13.5. The number of ether oxygens (including phenoxy) is 2. The number of hydrogen-bond acceptors (Lipinski definition) is 11. The minimum Gasteiger partial charge on any atom is -0.508 e. The number of anilines is 1. The van der Waals surface area contributed by atoms with Gasteiger partial charge in [-0.3, -0.25) is 9.48 Å². The van der Waals surface area contributed by atoms with Gasteiger partial charge in [-0.25, -0.2) is 19.3 Å². The Balaban J connectivity index is 0.732. The third-order valence-electron chi connectivity index (χ3n) is 16.1. The number of carbonyl (C=O) groups excluding carboxylic acids is 1. The van der Waals surface area contributed by atoms with Gasteiger partial charge in [0.25, 0.3) is 0 Å². The number of nitrogens with two attached hydrogens (primary N) is 1. The number of nitrogens with zero attached hydrogens (tertiary/aromatic N) is 6. The van der Waals surface area contributed by atoms with Crippen LogP contribution in [-0.2, 0) is 4.79 Å². The van der Waals surface area contributed by atoms with Crippen molar-refractivity contribution in [1.29, 1.82) is 0 Å². The zero-order valence-corrected chi connectivity index (χ0v) is 49.1. The summed E-state index contributed by atoms with van der Waals surface area (Å²) >= 11 is 12.6. The number of pyridine rings is 1. The highest BCUT2D eigenvalue weighted by molar-refractivity contribution is 6.36. The smallest absolute Gasteiger partial charge is 0.222 e. The Morgan fingerprint density at radius 2 is 1.16 bits per heavy atom. The van der Waals surface area contributed by atoms with Gasteiger partial charge in [-0.05, 0) is 170 Å². The lowest BCUT2D eigenvalue weighted by molar-refractivity contribution is -0.132. The van der Waals surface area contributed by atoms with Gasteiger partial charge in [-0.15, -0.1) is 0 Å². The summed E-state index contributed by atoms with van der Waals surface area (Å²) in [7, 11) is 0. The van der Waals surface area contributed by atoms with Crippen molar-refractivity contribution in [2.45, 2.75) is 51.2 Å².